The van der Waals surface area contributed by atoms with Gasteiger partial charge in [-0.25, -0.2) is 0 Å². The van der Waals surface area contributed by atoms with E-state index >= 15 is 0 Å². The summed E-state index contributed by atoms with van der Waals surface area (Å²) >= 11 is 0. The molecule has 0 aliphatic carbocycles. The third-order valence-corrected chi connectivity index (χ3v) is 3.96. The maximum absolute atomic E-state index is 9.00. The Labute approximate surface area is 109 Å². The van der Waals surface area contributed by atoms with Crippen molar-refractivity contribution in [1.29, 1.82) is 0 Å². The summed E-state index contributed by atoms with van der Waals surface area (Å²) in [5, 5.41) is 9.00. The summed E-state index contributed by atoms with van der Waals surface area (Å²) in [6, 6.07) is 0. The molecule has 1 nitrogen and oxygen atoms in total. The van der Waals surface area contributed by atoms with E-state index in [9.17, 15) is 0 Å². The molecule has 104 valence electrons. The minimum absolute atomic E-state index is 0.359. The Balaban J connectivity index is 3.82. The van der Waals surface area contributed by atoms with Crippen LogP contribution in [-0.2, 0) is 0 Å². The highest BCUT2D eigenvalue weighted by Gasteiger charge is 2.22. The minimum Gasteiger partial charge on any atom is -0.396 e. The lowest BCUT2D eigenvalue weighted by atomic mass is 9.76. The Morgan fingerprint density at radius 2 is 1.24 bits per heavy atom. The van der Waals surface area contributed by atoms with Crippen molar-refractivity contribution >= 4 is 0 Å². The molecule has 0 spiro atoms. The zero-order chi connectivity index (χ0) is 13.0. The van der Waals surface area contributed by atoms with Crippen molar-refractivity contribution in [1.82, 2.24) is 0 Å². The molecule has 0 aromatic rings. The largest absolute Gasteiger partial charge is 0.396 e. The van der Waals surface area contributed by atoms with Crippen molar-refractivity contribution in [3.05, 3.63) is 0 Å². The normalized spacial score (nSPS) is 14.8. The van der Waals surface area contributed by atoms with E-state index in [2.05, 4.69) is 20.8 Å². The van der Waals surface area contributed by atoms with Crippen molar-refractivity contribution in [2.75, 3.05) is 6.61 Å². The lowest BCUT2D eigenvalue weighted by molar-refractivity contribution is 0.195. The van der Waals surface area contributed by atoms with E-state index in [1.165, 1.54) is 64.2 Å². The van der Waals surface area contributed by atoms with Crippen molar-refractivity contribution in [3.63, 3.8) is 0 Å². The van der Waals surface area contributed by atoms with Gasteiger partial charge < -0.3 is 5.11 Å². The Kier molecular flexibility index (Phi) is 11.0. The second-order valence-electron chi connectivity index (χ2n) is 5.91. The fourth-order valence-electron chi connectivity index (χ4n) is 2.64. The Morgan fingerprint density at radius 1 is 0.706 bits per heavy atom. The van der Waals surface area contributed by atoms with Gasteiger partial charge in [-0.3, -0.25) is 0 Å². The topological polar surface area (TPSA) is 20.2 Å². The van der Waals surface area contributed by atoms with Crippen molar-refractivity contribution in [2.45, 2.75) is 91.4 Å². The summed E-state index contributed by atoms with van der Waals surface area (Å²) in [5.74, 6) is 0. The van der Waals surface area contributed by atoms with Gasteiger partial charge in [-0.05, 0) is 31.1 Å². The van der Waals surface area contributed by atoms with Gasteiger partial charge in [0.15, 0.2) is 0 Å². The highest BCUT2D eigenvalue weighted by Crippen LogP contribution is 2.35. The van der Waals surface area contributed by atoms with E-state index in [-0.39, 0.29) is 0 Å². The molecule has 0 amide bonds. The van der Waals surface area contributed by atoms with Crippen LogP contribution in [0.1, 0.15) is 91.4 Å². The molecule has 1 unspecified atom stereocenters. The minimum atomic E-state index is 0.359. The summed E-state index contributed by atoms with van der Waals surface area (Å²) in [6.45, 7) is 7.33. The first kappa shape index (κ1) is 17.0. The maximum Gasteiger partial charge on any atom is 0.0431 e. The van der Waals surface area contributed by atoms with Crippen LogP contribution in [0.25, 0.3) is 0 Å². The average molecular weight is 242 g/mol. The zero-order valence-corrected chi connectivity index (χ0v) is 12.4. The lowest BCUT2D eigenvalue weighted by Gasteiger charge is -2.29. The van der Waals surface area contributed by atoms with Crippen LogP contribution in [0.3, 0.4) is 0 Å². The summed E-state index contributed by atoms with van der Waals surface area (Å²) in [6.07, 6.45) is 14.4. The van der Waals surface area contributed by atoms with E-state index in [4.69, 9.17) is 5.11 Å². The predicted octanol–water partition coefficient (Wildman–Crippen LogP) is 5.32. The number of unbranched alkanes of at least 4 members (excludes halogenated alkanes) is 5. The van der Waals surface area contributed by atoms with Crippen LogP contribution >= 0.6 is 0 Å². The van der Waals surface area contributed by atoms with Gasteiger partial charge in [-0.15, -0.1) is 0 Å². The van der Waals surface area contributed by atoms with Crippen molar-refractivity contribution in [3.8, 4) is 0 Å². The molecule has 0 rings (SSSR count). The smallest absolute Gasteiger partial charge is 0.0431 e. The highest BCUT2D eigenvalue weighted by molar-refractivity contribution is 4.74. The van der Waals surface area contributed by atoms with Gasteiger partial charge in [0, 0.05) is 6.61 Å². The SMILES string of the molecule is CCCCCCCC(C)(CCCC)CCCO. The molecule has 0 bridgehead atoms. The standard InChI is InChI=1S/C16H34O/c1-4-6-8-9-10-13-16(3,12-7-5-2)14-11-15-17/h17H,4-15H2,1-3H3. The second kappa shape index (κ2) is 11.1. The molecule has 1 atom stereocenters. The molecule has 0 saturated carbocycles. The molecule has 0 aromatic carbocycles. The van der Waals surface area contributed by atoms with Gasteiger partial charge in [0.1, 0.15) is 0 Å². The van der Waals surface area contributed by atoms with Crippen molar-refractivity contribution < 1.29 is 5.11 Å². The van der Waals surface area contributed by atoms with E-state index in [1.807, 2.05) is 0 Å². The van der Waals surface area contributed by atoms with Crippen LogP contribution in [0, 0.1) is 5.41 Å². The molecule has 1 heteroatoms. The molecule has 0 fully saturated rings. The average Bonchev–Trinajstić information content (AvgIpc) is 2.34. The van der Waals surface area contributed by atoms with Crippen LogP contribution in [-0.4, -0.2) is 11.7 Å². The molecule has 0 aliphatic rings. The Hall–Kier alpha value is -0.0400. The molecular weight excluding hydrogens is 208 g/mol. The van der Waals surface area contributed by atoms with E-state index in [1.54, 1.807) is 0 Å². The van der Waals surface area contributed by atoms with Gasteiger partial charge in [-0.1, -0.05) is 65.7 Å². The van der Waals surface area contributed by atoms with E-state index < -0.39 is 0 Å². The van der Waals surface area contributed by atoms with Gasteiger partial charge in [-0.2, -0.15) is 0 Å². The fourth-order valence-corrected chi connectivity index (χ4v) is 2.64. The number of rotatable bonds is 12. The molecular formula is C16H34O. The van der Waals surface area contributed by atoms with Crippen LogP contribution in [0.5, 0.6) is 0 Å². The predicted molar refractivity (Wildman–Crippen MR) is 77.3 cm³/mol. The van der Waals surface area contributed by atoms with Gasteiger partial charge in [0.2, 0.25) is 0 Å². The molecule has 1 N–H and O–H groups in total. The molecule has 0 aromatic heterocycles. The van der Waals surface area contributed by atoms with Gasteiger partial charge in [0.25, 0.3) is 0 Å². The first-order valence-electron chi connectivity index (χ1n) is 7.79. The summed E-state index contributed by atoms with van der Waals surface area (Å²) in [4.78, 5) is 0. The molecule has 0 radical (unpaired) electrons. The first-order valence-corrected chi connectivity index (χ1v) is 7.79. The third-order valence-electron chi connectivity index (χ3n) is 3.96. The number of aliphatic hydroxyl groups is 1. The summed E-state index contributed by atoms with van der Waals surface area (Å²) < 4.78 is 0. The van der Waals surface area contributed by atoms with E-state index in [0.717, 1.165) is 6.42 Å². The Morgan fingerprint density at radius 3 is 1.82 bits per heavy atom. The summed E-state index contributed by atoms with van der Waals surface area (Å²) in [5.41, 5.74) is 0.491. The third kappa shape index (κ3) is 9.64. The molecule has 0 aliphatic heterocycles. The lowest BCUT2D eigenvalue weighted by Crippen LogP contribution is -2.17. The molecule has 17 heavy (non-hydrogen) atoms. The zero-order valence-electron chi connectivity index (χ0n) is 12.4. The van der Waals surface area contributed by atoms with Crippen LogP contribution < -0.4 is 0 Å². The van der Waals surface area contributed by atoms with Gasteiger partial charge >= 0.3 is 0 Å². The molecule has 0 saturated heterocycles. The molecule has 0 heterocycles. The van der Waals surface area contributed by atoms with E-state index in [0.29, 0.717) is 12.0 Å². The van der Waals surface area contributed by atoms with Gasteiger partial charge in [0.05, 0.1) is 0 Å². The number of hydrogen-bond acceptors (Lipinski definition) is 1. The monoisotopic (exact) mass is 242 g/mol. The van der Waals surface area contributed by atoms with Crippen LogP contribution in [0.2, 0.25) is 0 Å². The second-order valence-corrected chi connectivity index (χ2v) is 5.91. The highest BCUT2D eigenvalue weighted by atomic mass is 16.2. The quantitative estimate of drug-likeness (QED) is 0.459. The fraction of sp³-hybridized carbons (Fsp3) is 1.00. The number of aliphatic hydroxyl groups excluding tert-OH is 1. The maximum atomic E-state index is 9.00. The summed E-state index contributed by atoms with van der Waals surface area (Å²) in [7, 11) is 0. The number of hydrogen-bond donors (Lipinski definition) is 1. The van der Waals surface area contributed by atoms with Crippen LogP contribution in [0.4, 0.5) is 0 Å². The first-order chi connectivity index (χ1) is 8.18. The van der Waals surface area contributed by atoms with Crippen LogP contribution in [0.15, 0.2) is 0 Å². The Bertz CT molecular complexity index is 146. The van der Waals surface area contributed by atoms with Crippen molar-refractivity contribution in [2.24, 2.45) is 5.41 Å².